The monoisotopic (exact) mass is 238 g/mol. The van der Waals surface area contributed by atoms with E-state index in [1.807, 2.05) is 24.8 Å². The Morgan fingerprint density at radius 1 is 1.53 bits per heavy atom. The average Bonchev–Trinajstić information content (AvgIpc) is 2.70. The molecule has 0 aliphatic carbocycles. The Morgan fingerprint density at radius 3 is 2.88 bits per heavy atom. The van der Waals surface area contributed by atoms with E-state index in [1.165, 1.54) is 0 Å². The van der Waals surface area contributed by atoms with E-state index < -0.39 is 0 Å². The maximum atomic E-state index is 11.5. The lowest BCUT2D eigenvalue weighted by molar-refractivity contribution is -0.127. The summed E-state index contributed by atoms with van der Waals surface area (Å²) in [7, 11) is 0. The van der Waals surface area contributed by atoms with Crippen molar-refractivity contribution in [3.8, 4) is 0 Å². The Hall–Kier alpha value is -1.32. The summed E-state index contributed by atoms with van der Waals surface area (Å²) in [5.74, 6) is 0.248. The zero-order valence-electron chi connectivity index (χ0n) is 10.8. The number of carbonyl (C=O) groups excluding carboxylic acids is 2. The van der Waals surface area contributed by atoms with Crippen LogP contribution in [0.2, 0.25) is 0 Å². The van der Waals surface area contributed by atoms with Crippen molar-refractivity contribution in [3.63, 3.8) is 0 Å². The quantitative estimate of drug-likeness (QED) is 0.563. The lowest BCUT2D eigenvalue weighted by atomic mass is 10.2. The van der Waals surface area contributed by atoms with Crippen molar-refractivity contribution in [1.29, 1.82) is 0 Å². The topological polar surface area (TPSA) is 49.4 Å². The first-order valence-electron chi connectivity index (χ1n) is 6.38. The molecule has 0 aromatic carbocycles. The number of allylic oxidation sites excluding steroid dienone is 1. The molecule has 0 bridgehead atoms. The zero-order chi connectivity index (χ0) is 12.7. The Balaban J connectivity index is 2.13. The summed E-state index contributed by atoms with van der Waals surface area (Å²) in [6.07, 6.45) is 5.28. The summed E-state index contributed by atoms with van der Waals surface area (Å²) in [5.41, 5.74) is 0.768. The highest BCUT2D eigenvalue weighted by Gasteiger charge is 2.18. The second-order valence-corrected chi connectivity index (χ2v) is 4.39. The van der Waals surface area contributed by atoms with Crippen LogP contribution in [0.5, 0.6) is 0 Å². The molecule has 0 aromatic rings. The highest BCUT2D eigenvalue weighted by molar-refractivity contribution is 5.92. The van der Waals surface area contributed by atoms with Gasteiger partial charge in [-0.15, -0.1) is 0 Å². The fourth-order valence-corrected chi connectivity index (χ4v) is 1.95. The maximum absolute atomic E-state index is 11.5. The minimum absolute atomic E-state index is 0.000372. The van der Waals surface area contributed by atoms with E-state index in [1.54, 1.807) is 0 Å². The SMILES string of the molecule is CCC=C(C)C(=O)NCCCN1CCCC1=O. The van der Waals surface area contributed by atoms with Gasteiger partial charge in [-0.25, -0.2) is 0 Å². The summed E-state index contributed by atoms with van der Waals surface area (Å²) in [4.78, 5) is 24.7. The first-order valence-corrected chi connectivity index (χ1v) is 6.38. The molecule has 0 atom stereocenters. The molecule has 0 unspecified atom stereocenters. The molecule has 1 fully saturated rings. The van der Waals surface area contributed by atoms with Gasteiger partial charge < -0.3 is 10.2 Å². The van der Waals surface area contributed by atoms with Gasteiger partial charge in [-0.2, -0.15) is 0 Å². The lowest BCUT2D eigenvalue weighted by Crippen LogP contribution is -2.30. The summed E-state index contributed by atoms with van der Waals surface area (Å²) >= 11 is 0. The summed E-state index contributed by atoms with van der Waals surface area (Å²) in [6.45, 7) is 6.10. The highest BCUT2D eigenvalue weighted by Crippen LogP contribution is 2.09. The zero-order valence-corrected chi connectivity index (χ0v) is 10.8. The average molecular weight is 238 g/mol. The smallest absolute Gasteiger partial charge is 0.246 e. The van der Waals surface area contributed by atoms with Crippen LogP contribution in [-0.4, -0.2) is 36.3 Å². The van der Waals surface area contributed by atoms with Crippen molar-refractivity contribution in [2.75, 3.05) is 19.6 Å². The van der Waals surface area contributed by atoms with E-state index >= 15 is 0 Å². The van der Waals surface area contributed by atoms with Gasteiger partial charge in [0.2, 0.25) is 11.8 Å². The van der Waals surface area contributed by atoms with Crippen LogP contribution in [0.1, 0.15) is 39.5 Å². The van der Waals surface area contributed by atoms with Crippen LogP contribution in [0.4, 0.5) is 0 Å². The molecule has 17 heavy (non-hydrogen) atoms. The maximum Gasteiger partial charge on any atom is 0.246 e. The number of likely N-dealkylation sites (tertiary alicyclic amines) is 1. The molecule has 4 heteroatoms. The van der Waals surface area contributed by atoms with Crippen LogP contribution >= 0.6 is 0 Å². The number of nitrogens with zero attached hydrogens (tertiary/aromatic N) is 1. The second kappa shape index (κ2) is 7.09. The van der Waals surface area contributed by atoms with Gasteiger partial charge in [-0.3, -0.25) is 9.59 Å². The molecule has 0 aromatic heterocycles. The molecule has 2 amide bonds. The van der Waals surface area contributed by atoms with Gasteiger partial charge in [-0.1, -0.05) is 13.0 Å². The Kier molecular flexibility index (Phi) is 5.73. The molecule has 0 radical (unpaired) electrons. The fraction of sp³-hybridized carbons (Fsp3) is 0.692. The molecule has 1 rings (SSSR count). The predicted octanol–water partition coefficient (Wildman–Crippen LogP) is 1.47. The second-order valence-electron chi connectivity index (χ2n) is 4.39. The van der Waals surface area contributed by atoms with Crippen LogP contribution in [0, 0.1) is 0 Å². The van der Waals surface area contributed by atoms with Crippen LogP contribution < -0.4 is 5.32 Å². The summed E-state index contributed by atoms with van der Waals surface area (Å²) in [6, 6.07) is 0. The number of hydrogen-bond acceptors (Lipinski definition) is 2. The van der Waals surface area contributed by atoms with E-state index in [4.69, 9.17) is 0 Å². The van der Waals surface area contributed by atoms with E-state index in [9.17, 15) is 9.59 Å². The van der Waals surface area contributed by atoms with E-state index in [-0.39, 0.29) is 11.8 Å². The lowest BCUT2D eigenvalue weighted by Gasteiger charge is -2.15. The van der Waals surface area contributed by atoms with Crippen molar-refractivity contribution in [2.24, 2.45) is 0 Å². The summed E-state index contributed by atoms with van der Waals surface area (Å²) in [5, 5.41) is 2.86. The molecule has 0 saturated carbocycles. The molecule has 0 spiro atoms. The van der Waals surface area contributed by atoms with Gasteiger partial charge in [0.25, 0.3) is 0 Å². The minimum atomic E-state index is -0.000372. The minimum Gasteiger partial charge on any atom is -0.352 e. The number of carbonyl (C=O) groups is 2. The van der Waals surface area contributed by atoms with Gasteiger partial charge in [0, 0.05) is 31.6 Å². The number of hydrogen-bond donors (Lipinski definition) is 1. The van der Waals surface area contributed by atoms with E-state index in [0.29, 0.717) is 13.0 Å². The van der Waals surface area contributed by atoms with Crippen LogP contribution in [0.15, 0.2) is 11.6 Å². The molecule has 96 valence electrons. The van der Waals surface area contributed by atoms with Gasteiger partial charge in [-0.05, 0) is 26.2 Å². The normalized spacial score (nSPS) is 16.5. The van der Waals surface area contributed by atoms with Crippen molar-refractivity contribution in [2.45, 2.75) is 39.5 Å². The van der Waals surface area contributed by atoms with E-state index in [2.05, 4.69) is 5.32 Å². The highest BCUT2D eigenvalue weighted by atomic mass is 16.2. The predicted molar refractivity (Wildman–Crippen MR) is 67.5 cm³/mol. The third-order valence-corrected chi connectivity index (χ3v) is 2.93. The van der Waals surface area contributed by atoms with Gasteiger partial charge in [0.05, 0.1) is 0 Å². The van der Waals surface area contributed by atoms with Crippen molar-refractivity contribution >= 4 is 11.8 Å². The van der Waals surface area contributed by atoms with Crippen molar-refractivity contribution in [3.05, 3.63) is 11.6 Å². The van der Waals surface area contributed by atoms with Crippen LogP contribution in [0.25, 0.3) is 0 Å². The molecule has 1 aliphatic heterocycles. The Labute approximate surface area is 103 Å². The number of nitrogens with one attached hydrogen (secondary N) is 1. The first-order chi connectivity index (χ1) is 8.15. The molecule has 1 N–H and O–H groups in total. The number of amides is 2. The first kappa shape index (κ1) is 13.7. The fourth-order valence-electron chi connectivity index (χ4n) is 1.95. The third kappa shape index (κ3) is 4.59. The van der Waals surface area contributed by atoms with Gasteiger partial charge in [0.1, 0.15) is 0 Å². The molecular formula is C13H22N2O2. The summed E-state index contributed by atoms with van der Waals surface area (Å²) < 4.78 is 0. The molecule has 1 aliphatic rings. The van der Waals surface area contributed by atoms with Crippen molar-refractivity contribution in [1.82, 2.24) is 10.2 Å². The van der Waals surface area contributed by atoms with Crippen LogP contribution in [0.3, 0.4) is 0 Å². The Morgan fingerprint density at radius 2 is 2.29 bits per heavy atom. The van der Waals surface area contributed by atoms with Crippen LogP contribution in [-0.2, 0) is 9.59 Å². The van der Waals surface area contributed by atoms with Gasteiger partial charge in [0.15, 0.2) is 0 Å². The number of rotatable bonds is 6. The van der Waals surface area contributed by atoms with Gasteiger partial charge >= 0.3 is 0 Å². The molecule has 1 saturated heterocycles. The van der Waals surface area contributed by atoms with E-state index in [0.717, 1.165) is 37.9 Å². The molecule has 4 nitrogen and oxygen atoms in total. The largest absolute Gasteiger partial charge is 0.352 e. The standard InChI is InChI=1S/C13H22N2O2/c1-3-6-11(2)13(17)14-8-5-10-15-9-4-7-12(15)16/h6H,3-5,7-10H2,1-2H3,(H,14,17). The molecule has 1 heterocycles. The van der Waals surface area contributed by atoms with Crippen molar-refractivity contribution < 1.29 is 9.59 Å². The third-order valence-electron chi connectivity index (χ3n) is 2.93. The Bertz CT molecular complexity index is 311. The molecular weight excluding hydrogens is 216 g/mol.